The summed E-state index contributed by atoms with van der Waals surface area (Å²) in [6.07, 6.45) is 4.91. The predicted octanol–water partition coefficient (Wildman–Crippen LogP) is 2.15. The molecule has 0 amide bonds. The van der Waals surface area contributed by atoms with E-state index >= 15 is 0 Å². The third kappa shape index (κ3) is 7.08. The quantitative estimate of drug-likeness (QED) is 0.700. The van der Waals surface area contributed by atoms with E-state index in [0.717, 1.165) is 32.1 Å². The van der Waals surface area contributed by atoms with Gasteiger partial charge in [-0.1, -0.05) is 13.8 Å². The molecule has 0 aliphatic carbocycles. The molecule has 96 valence electrons. The first kappa shape index (κ1) is 14.1. The molecule has 0 unspecified atom stereocenters. The van der Waals surface area contributed by atoms with Crippen LogP contribution in [0.4, 0.5) is 0 Å². The standard InChI is InChI=1S/C14H25N3/c1-13(2)11-16-7-4-10-17(3)12-14-5-8-15-9-6-14/h5-6,8-9,13,16H,4,7,10-12H2,1-3H3. The second-order valence-electron chi connectivity index (χ2n) is 5.04. The minimum Gasteiger partial charge on any atom is -0.316 e. The molecular weight excluding hydrogens is 210 g/mol. The van der Waals surface area contributed by atoms with E-state index in [4.69, 9.17) is 0 Å². The molecule has 3 heteroatoms. The summed E-state index contributed by atoms with van der Waals surface area (Å²) in [6.45, 7) is 8.85. The Morgan fingerprint density at radius 1 is 1.29 bits per heavy atom. The van der Waals surface area contributed by atoms with E-state index in [1.165, 1.54) is 12.0 Å². The third-order valence-electron chi connectivity index (χ3n) is 2.65. The van der Waals surface area contributed by atoms with E-state index in [-0.39, 0.29) is 0 Å². The number of rotatable bonds is 8. The number of nitrogens with zero attached hydrogens (tertiary/aromatic N) is 2. The van der Waals surface area contributed by atoms with Crippen LogP contribution in [0.5, 0.6) is 0 Å². The Hall–Kier alpha value is -0.930. The van der Waals surface area contributed by atoms with Crippen LogP contribution in [0, 0.1) is 5.92 Å². The van der Waals surface area contributed by atoms with Crippen LogP contribution in [0.2, 0.25) is 0 Å². The van der Waals surface area contributed by atoms with Crippen molar-refractivity contribution in [1.29, 1.82) is 0 Å². The van der Waals surface area contributed by atoms with Gasteiger partial charge in [-0.15, -0.1) is 0 Å². The third-order valence-corrected chi connectivity index (χ3v) is 2.65. The molecular formula is C14H25N3. The van der Waals surface area contributed by atoms with E-state index in [1.54, 1.807) is 0 Å². The molecule has 0 aliphatic heterocycles. The summed E-state index contributed by atoms with van der Waals surface area (Å²) in [4.78, 5) is 6.38. The van der Waals surface area contributed by atoms with Gasteiger partial charge in [0.25, 0.3) is 0 Å². The minimum atomic E-state index is 0.740. The monoisotopic (exact) mass is 235 g/mol. The number of hydrogen-bond donors (Lipinski definition) is 1. The smallest absolute Gasteiger partial charge is 0.0271 e. The Kier molecular flexibility index (Phi) is 6.82. The molecule has 1 rings (SSSR count). The summed E-state index contributed by atoms with van der Waals surface area (Å²) in [7, 11) is 2.17. The van der Waals surface area contributed by atoms with Gasteiger partial charge in [-0.3, -0.25) is 4.98 Å². The maximum atomic E-state index is 4.03. The Morgan fingerprint density at radius 3 is 2.65 bits per heavy atom. The molecule has 0 atom stereocenters. The van der Waals surface area contributed by atoms with Gasteiger partial charge in [-0.2, -0.15) is 0 Å². The van der Waals surface area contributed by atoms with Crippen molar-refractivity contribution in [3.63, 3.8) is 0 Å². The van der Waals surface area contributed by atoms with Crippen LogP contribution >= 0.6 is 0 Å². The van der Waals surface area contributed by atoms with Crippen LogP contribution in [0.15, 0.2) is 24.5 Å². The summed E-state index contributed by atoms with van der Waals surface area (Å²) >= 11 is 0. The van der Waals surface area contributed by atoms with E-state index in [1.807, 2.05) is 12.4 Å². The van der Waals surface area contributed by atoms with Crippen LogP contribution in [-0.4, -0.2) is 36.6 Å². The van der Waals surface area contributed by atoms with Crippen LogP contribution in [-0.2, 0) is 6.54 Å². The number of nitrogens with one attached hydrogen (secondary N) is 1. The van der Waals surface area contributed by atoms with E-state index in [0.29, 0.717) is 0 Å². The second kappa shape index (κ2) is 8.20. The molecule has 0 radical (unpaired) electrons. The molecule has 1 heterocycles. The van der Waals surface area contributed by atoms with E-state index < -0.39 is 0 Å². The molecule has 0 saturated heterocycles. The average molecular weight is 235 g/mol. The first-order valence-corrected chi connectivity index (χ1v) is 6.46. The van der Waals surface area contributed by atoms with Crippen molar-refractivity contribution in [2.45, 2.75) is 26.8 Å². The Balaban J connectivity index is 2.07. The second-order valence-corrected chi connectivity index (χ2v) is 5.04. The Labute approximate surface area is 105 Å². The van der Waals surface area contributed by atoms with Crippen molar-refractivity contribution < 1.29 is 0 Å². The Bertz CT molecular complexity index is 285. The maximum Gasteiger partial charge on any atom is 0.0271 e. The highest BCUT2D eigenvalue weighted by atomic mass is 15.1. The molecule has 1 aromatic rings. The minimum absolute atomic E-state index is 0.740. The molecule has 3 nitrogen and oxygen atoms in total. The number of pyridine rings is 1. The SMILES string of the molecule is CC(C)CNCCCN(C)Cc1ccncc1. The summed E-state index contributed by atoms with van der Waals surface area (Å²) in [6, 6.07) is 4.15. The molecule has 0 fully saturated rings. The molecule has 1 aromatic heterocycles. The van der Waals surface area contributed by atoms with E-state index in [2.05, 4.69) is 48.2 Å². The summed E-state index contributed by atoms with van der Waals surface area (Å²) in [5.74, 6) is 0.740. The fraction of sp³-hybridized carbons (Fsp3) is 0.643. The van der Waals surface area contributed by atoms with Gasteiger partial charge >= 0.3 is 0 Å². The van der Waals surface area contributed by atoms with E-state index in [9.17, 15) is 0 Å². The predicted molar refractivity (Wildman–Crippen MR) is 72.9 cm³/mol. The summed E-state index contributed by atoms with van der Waals surface area (Å²) < 4.78 is 0. The first-order valence-electron chi connectivity index (χ1n) is 6.46. The van der Waals surface area contributed by atoms with Gasteiger partial charge < -0.3 is 10.2 Å². The van der Waals surface area contributed by atoms with Crippen molar-refractivity contribution in [2.75, 3.05) is 26.7 Å². The topological polar surface area (TPSA) is 28.2 Å². The van der Waals surface area contributed by atoms with Gasteiger partial charge in [0.2, 0.25) is 0 Å². The van der Waals surface area contributed by atoms with Crippen LogP contribution in [0.3, 0.4) is 0 Å². The maximum absolute atomic E-state index is 4.03. The Morgan fingerprint density at radius 2 is 2.00 bits per heavy atom. The zero-order chi connectivity index (χ0) is 12.5. The van der Waals surface area contributed by atoms with Crippen LogP contribution < -0.4 is 5.32 Å². The lowest BCUT2D eigenvalue weighted by Gasteiger charge is -2.16. The lowest BCUT2D eigenvalue weighted by Crippen LogP contribution is -2.26. The molecule has 0 saturated carbocycles. The van der Waals surface area contributed by atoms with Gasteiger partial charge in [-0.25, -0.2) is 0 Å². The van der Waals surface area contributed by atoms with Gasteiger partial charge in [-0.05, 0) is 56.7 Å². The van der Waals surface area contributed by atoms with Gasteiger partial charge in [0.1, 0.15) is 0 Å². The van der Waals surface area contributed by atoms with Crippen molar-refractivity contribution in [3.05, 3.63) is 30.1 Å². The van der Waals surface area contributed by atoms with Gasteiger partial charge in [0.15, 0.2) is 0 Å². The fourth-order valence-corrected chi connectivity index (χ4v) is 1.74. The van der Waals surface area contributed by atoms with Crippen LogP contribution in [0.25, 0.3) is 0 Å². The molecule has 1 N–H and O–H groups in total. The summed E-state index contributed by atoms with van der Waals surface area (Å²) in [5.41, 5.74) is 1.33. The van der Waals surface area contributed by atoms with Gasteiger partial charge in [0, 0.05) is 18.9 Å². The molecule has 0 bridgehead atoms. The van der Waals surface area contributed by atoms with Crippen molar-refractivity contribution >= 4 is 0 Å². The highest BCUT2D eigenvalue weighted by Gasteiger charge is 1.99. The highest BCUT2D eigenvalue weighted by molar-refractivity contribution is 5.09. The molecule has 0 aromatic carbocycles. The van der Waals surface area contributed by atoms with Gasteiger partial charge in [0.05, 0.1) is 0 Å². The molecule has 0 spiro atoms. The molecule has 17 heavy (non-hydrogen) atoms. The van der Waals surface area contributed by atoms with Crippen molar-refractivity contribution in [3.8, 4) is 0 Å². The van der Waals surface area contributed by atoms with Crippen LogP contribution in [0.1, 0.15) is 25.8 Å². The largest absolute Gasteiger partial charge is 0.316 e. The first-order chi connectivity index (χ1) is 8.18. The zero-order valence-electron chi connectivity index (χ0n) is 11.3. The normalized spacial score (nSPS) is 11.4. The van der Waals surface area contributed by atoms with Crippen molar-refractivity contribution in [2.24, 2.45) is 5.92 Å². The number of aromatic nitrogens is 1. The average Bonchev–Trinajstić information content (AvgIpc) is 2.29. The zero-order valence-corrected chi connectivity index (χ0v) is 11.3. The van der Waals surface area contributed by atoms with Crippen molar-refractivity contribution in [1.82, 2.24) is 15.2 Å². The lowest BCUT2D eigenvalue weighted by atomic mass is 10.2. The molecule has 0 aliphatic rings. The highest BCUT2D eigenvalue weighted by Crippen LogP contribution is 2.01. The fourth-order valence-electron chi connectivity index (χ4n) is 1.74. The lowest BCUT2D eigenvalue weighted by molar-refractivity contribution is 0.318. The number of hydrogen-bond acceptors (Lipinski definition) is 3. The summed E-state index contributed by atoms with van der Waals surface area (Å²) in [5, 5.41) is 3.47.